The number of benzene rings is 3. The van der Waals surface area contributed by atoms with Gasteiger partial charge < -0.3 is 31.9 Å². The van der Waals surface area contributed by atoms with Gasteiger partial charge in [-0.3, -0.25) is 9.59 Å². The highest BCUT2D eigenvalue weighted by atomic mass is 16.3. The van der Waals surface area contributed by atoms with Gasteiger partial charge in [0.1, 0.15) is 5.82 Å². The Morgan fingerprint density at radius 3 is 2.16 bits per heavy atom. The van der Waals surface area contributed by atoms with E-state index in [1.54, 1.807) is 30.5 Å². The fourth-order valence-corrected chi connectivity index (χ4v) is 4.81. The maximum absolute atomic E-state index is 12.7. The third kappa shape index (κ3) is 10.3. The lowest BCUT2D eigenvalue weighted by atomic mass is 10.0. The van der Waals surface area contributed by atoms with Crippen LogP contribution in [0.1, 0.15) is 51.2 Å². The van der Waals surface area contributed by atoms with Gasteiger partial charge >= 0.3 is 0 Å². The molecule has 4 aromatic rings. The average molecular weight is 596 g/mol. The van der Waals surface area contributed by atoms with E-state index in [0.29, 0.717) is 36.5 Å². The van der Waals surface area contributed by atoms with Gasteiger partial charge in [-0.1, -0.05) is 72.8 Å². The number of hydrogen-bond donors (Lipinski definition) is 6. The molecule has 0 radical (unpaired) electrons. The van der Waals surface area contributed by atoms with Crippen molar-refractivity contribution in [3.05, 3.63) is 131 Å². The standard InChI is InChI=1S/C35H41N5O4/c1-24(37-22-32(42)30-15-16-33(36)38-21-30)17-26-7-9-27(10-8-26)19-34(43)39-20-28-11-13-29(14-12-28)35(44)40-31(23-41)18-25-5-3-2-4-6-25/h2-16,21,24,31-32,37,41-42H,17-20,22-23H2,1H3,(H2,36,38)(H,39,43)(H,40,44)/t24?,31-,32+/m1/s1. The highest BCUT2D eigenvalue weighted by molar-refractivity contribution is 5.94. The summed E-state index contributed by atoms with van der Waals surface area (Å²) in [6.45, 7) is 2.67. The first-order valence-corrected chi connectivity index (χ1v) is 14.8. The van der Waals surface area contributed by atoms with Crippen LogP contribution in [0.3, 0.4) is 0 Å². The Labute approximate surface area is 258 Å². The molecule has 3 aromatic carbocycles. The molecule has 1 unspecified atom stereocenters. The van der Waals surface area contributed by atoms with E-state index in [4.69, 9.17) is 5.73 Å². The number of carbonyl (C=O) groups excluding carboxylic acids is 2. The minimum absolute atomic E-state index is 0.0903. The molecule has 2 amide bonds. The maximum atomic E-state index is 12.7. The second-order valence-electron chi connectivity index (χ2n) is 11.1. The predicted octanol–water partition coefficient (Wildman–Crippen LogP) is 3.11. The summed E-state index contributed by atoms with van der Waals surface area (Å²) in [5.74, 6) is 0.0783. The van der Waals surface area contributed by atoms with Gasteiger partial charge in [-0.2, -0.15) is 0 Å². The number of nitrogens with zero attached hydrogens (tertiary/aromatic N) is 1. The van der Waals surface area contributed by atoms with Crippen molar-refractivity contribution >= 4 is 17.6 Å². The molecule has 0 spiro atoms. The van der Waals surface area contributed by atoms with Gasteiger partial charge in [-0.15, -0.1) is 0 Å². The van der Waals surface area contributed by atoms with Crippen LogP contribution in [0.5, 0.6) is 0 Å². The van der Waals surface area contributed by atoms with Crippen LogP contribution in [0, 0.1) is 0 Å². The van der Waals surface area contributed by atoms with Crippen molar-refractivity contribution < 1.29 is 19.8 Å². The minimum atomic E-state index is -0.668. The van der Waals surface area contributed by atoms with E-state index in [1.807, 2.05) is 66.7 Å². The molecule has 3 atom stereocenters. The van der Waals surface area contributed by atoms with E-state index in [9.17, 15) is 19.8 Å². The monoisotopic (exact) mass is 595 g/mol. The molecular weight excluding hydrogens is 554 g/mol. The van der Waals surface area contributed by atoms with Crippen molar-refractivity contribution in [1.82, 2.24) is 20.9 Å². The van der Waals surface area contributed by atoms with Crippen molar-refractivity contribution in [3.8, 4) is 0 Å². The first-order chi connectivity index (χ1) is 21.3. The Morgan fingerprint density at radius 1 is 0.841 bits per heavy atom. The Bertz CT molecular complexity index is 1460. The number of aliphatic hydroxyl groups excluding tert-OH is 2. The number of anilines is 1. The summed E-state index contributed by atoms with van der Waals surface area (Å²) in [6.07, 6.45) is 2.50. The van der Waals surface area contributed by atoms with Crippen LogP contribution in [0.15, 0.2) is 97.2 Å². The number of nitrogen functional groups attached to an aromatic ring is 1. The van der Waals surface area contributed by atoms with Gasteiger partial charge in [0.05, 0.1) is 25.2 Å². The number of pyridine rings is 1. The molecule has 0 aliphatic carbocycles. The fourth-order valence-electron chi connectivity index (χ4n) is 4.81. The lowest BCUT2D eigenvalue weighted by Crippen LogP contribution is -2.39. The topological polar surface area (TPSA) is 150 Å². The summed E-state index contributed by atoms with van der Waals surface area (Å²) >= 11 is 0. The molecule has 1 aromatic heterocycles. The number of hydrogen-bond acceptors (Lipinski definition) is 7. The van der Waals surface area contributed by atoms with E-state index in [1.165, 1.54) is 0 Å². The molecule has 4 rings (SSSR count). The lowest BCUT2D eigenvalue weighted by Gasteiger charge is -2.17. The predicted molar refractivity (Wildman–Crippen MR) is 172 cm³/mol. The van der Waals surface area contributed by atoms with Crippen LogP contribution in [-0.4, -0.2) is 52.2 Å². The Balaban J connectivity index is 1.17. The Morgan fingerprint density at radius 2 is 1.50 bits per heavy atom. The second kappa shape index (κ2) is 16.3. The summed E-state index contributed by atoms with van der Waals surface area (Å²) in [4.78, 5) is 29.3. The zero-order valence-corrected chi connectivity index (χ0v) is 24.9. The molecule has 9 heteroatoms. The molecule has 44 heavy (non-hydrogen) atoms. The van der Waals surface area contributed by atoms with E-state index in [2.05, 4.69) is 27.9 Å². The lowest BCUT2D eigenvalue weighted by molar-refractivity contribution is -0.120. The Kier molecular flexibility index (Phi) is 12.0. The SMILES string of the molecule is CC(Cc1ccc(CC(=O)NCc2ccc(C(=O)N[C@@H](CO)Cc3ccccc3)cc2)cc1)NC[C@H](O)c1ccc(N)nc1. The van der Waals surface area contributed by atoms with Crippen LogP contribution in [-0.2, 0) is 30.6 Å². The summed E-state index contributed by atoms with van der Waals surface area (Å²) in [5, 5.41) is 29.2. The van der Waals surface area contributed by atoms with Crippen LogP contribution < -0.4 is 21.7 Å². The average Bonchev–Trinajstić information content (AvgIpc) is 3.04. The zero-order chi connectivity index (χ0) is 31.3. The van der Waals surface area contributed by atoms with Crippen molar-refractivity contribution in [2.45, 2.75) is 50.9 Å². The van der Waals surface area contributed by atoms with E-state index in [-0.39, 0.29) is 36.9 Å². The fraction of sp³-hybridized carbons (Fsp3) is 0.286. The second-order valence-corrected chi connectivity index (χ2v) is 11.1. The smallest absolute Gasteiger partial charge is 0.251 e. The number of aromatic nitrogens is 1. The third-order valence-electron chi connectivity index (χ3n) is 7.37. The molecule has 0 aliphatic heterocycles. The minimum Gasteiger partial charge on any atom is -0.394 e. The van der Waals surface area contributed by atoms with E-state index >= 15 is 0 Å². The van der Waals surface area contributed by atoms with Crippen molar-refractivity contribution in [1.29, 1.82) is 0 Å². The summed E-state index contributed by atoms with van der Waals surface area (Å²) in [5.41, 5.74) is 10.8. The number of nitrogens with two attached hydrogens (primary N) is 1. The quantitative estimate of drug-likeness (QED) is 0.124. The molecule has 0 fully saturated rings. The highest BCUT2D eigenvalue weighted by Gasteiger charge is 2.14. The largest absolute Gasteiger partial charge is 0.394 e. The highest BCUT2D eigenvalue weighted by Crippen LogP contribution is 2.13. The Hall–Kier alpha value is -4.57. The molecule has 9 nitrogen and oxygen atoms in total. The van der Waals surface area contributed by atoms with Gasteiger partial charge in [0.25, 0.3) is 5.91 Å². The molecule has 1 heterocycles. The van der Waals surface area contributed by atoms with Crippen LogP contribution in [0.4, 0.5) is 5.82 Å². The van der Waals surface area contributed by atoms with Crippen molar-refractivity contribution in [2.75, 3.05) is 18.9 Å². The first kappa shape index (κ1) is 32.3. The number of rotatable bonds is 15. The van der Waals surface area contributed by atoms with Crippen molar-refractivity contribution in [2.24, 2.45) is 0 Å². The van der Waals surface area contributed by atoms with E-state index in [0.717, 1.165) is 28.7 Å². The van der Waals surface area contributed by atoms with Crippen LogP contribution in [0.2, 0.25) is 0 Å². The number of aliphatic hydroxyl groups is 2. The molecule has 230 valence electrons. The van der Waals surface area contributed by atoms with Gasteiger partial charge in [0.15, 0.2) is 0 Å². The number of amides is 2. The number of nitrogens with one attached hydrogen (secondary N) is 3. The third-order valence-corrected chi connectivity index (χ3v) is 7.37. The first-order valence-electron chi connectivity index (χ1n) is 14.8. The van der Waals surface area contributed by atoms with Gasteiger partial charge in [-0.05, 0) is 60.2 Å². The van der Waals surface area contributed by atoms with E-state index < -0.39 is 6.10 Å². The molecule has 0 saturated carbocycles. The van der Waals surface area contributed by atoms with Gasteiger partial charge in [0, 0.05) is 36.5 Å². The van der Waals surface area contributed by atoms with Gasteiger partial charge in [-0.25, -0.2) is 4.98 Å². The number of carbonyl (C=O) groups is 2. The maximum Gasteiger partial charge on any atom is 0.251 e. The van der Waals surface area contributed by atoms with Crippen molar-refractivity contribution in [3.63, 3.8) is 0 Å². The summed E-state index contributed by atoms with van der Waals surface area (Å²) in [7, 11) is 0. The van der Waals surface area contributed by atoms with Crippen LogP contribution in [0.25, 0.3) is 0 Å². The van der Waals surface area contributed by atoms with Gasteiger partial charge in [0.2, 0.25) is 5.91 Å². The summed E-state index contributed by atoms with van der Waals surface area (Å²) < 4.78 is 0. The van der Waals surface area contributed by atoms with Crippen LogP contribution >= 0.6 is 0 Å². The molecule has 0 saturated heterocycles. The normalized spacial score (nSPS) is 13.1. The summed E-state index contributed by atoms with van der Waals surface area (Å²) in [6, 6.07) is 28.0. The molecule has 7 N–H and O–H groups in total. The molecule has 0 bridgehead atoms. The zero-order valence-electron chi connectivity index (χ0n) is 24.9. The molecular formula is C35H41N5O4. The molecule has 0 aliphatic rings.